The first-order chi connectivity index (χ1) is 7.89. The summed E-state index contributed by atoms with van der Waals surface area (Å²) < 4.78 is 17.4. The van der Waals surface area contributed by atoms with E-state index in [1.54, 1.807) is 0 Å². The molecule has 0 atom stereocenters. The Morgan fingerprint density at radius 1 is 1.18 bits per heavy atom. The molecule has 1 saturated heterocycles. The molecule has 0 radical (unpaired) electrons. The van der Waals surface area contributed by atoms with Crippen LogP contribution in [0, 0.1) is 0 Å². The second-order valence-electron chi connectivity index (χ2n) is 5.54. The Morgan fingerprint density at radius 3 is 2.24 bits per heavy atom. The average molecular weight is 390 g/mol. The van der Waals surface area contributed by atoms with Crippen LogP contribution in [-0.2, 0) is 13.7 Å². The molecule has 1 heterocycles. The lowest BCUT2D eigenvalue weighted by Gasteiger charge is -2.42. The normalized spacial score (nSPS) is 28.9. The molecule has 0 aromatic rings. The predicted octanol–water partition coefficient (Wildman–Crippen LogP) is 3.81. The van der Waals surface area contributed by atoms with Crippen LogP contribution >= 0.6 is 42.2 Å². The van der Waals surface area contributed by atoms with E-state index in [9.17, 15) is 0 Å². The molecular formula is C11H19IO3S2. The van der Waals surface area contributed by atoms with Crippen LogP contribution in [0.15, 0.2) is 0 Å². The summed E-state index contributed by atoms with van der Waals surface area (Å²) in [5, 5.41) is 0. The lowest BCUT2D eigenvalue weighted by molar-refractivity contribution is -0.253. The molecule has 3 nitrogen and oxygen atoms in total. The third-order valence-corrected chi connectivity index (χ3v) is 5.74. The van der Waals surface area contributed by atoms with E-state index in [-0.39, 0.29) is 4.75 Å². The first kappa shape index (κ1) is 14.7. The van der Waals surface area contributed by atoms with E-state index in [1.807, 2.05) is 25.6 Å². The number of rotatable bonds is 5. The number of hydrogen-bond donors (Lipinski definition) is 0. The Morgan fingerprint density at radius 2 is 1.76 bits per heavy atom. The van der Waals surface area contributed by atoms with Gasteiger partial charge in [0.05, 0.1) is 33.8 Å². The molecule has 1 saturated carbocycles. The number of thioether (sulfide) groups is 1. The van der Waals surface area contributed by atoms with Gasteiger partial charge >= 0.3 is 0 Å². The van der Waals surface area contributed by atoms with Crippen molar-refractivity contribution in [2.45, 2.75) is 48.9 Å². The zero-order valence-electron chi connectivity index (χ0n) is 10.5. The van der Waals surface area contributed by atoms with Gasteiger partial charge in [0.15, 0.2) is 5.79 Å². The maximum atomic E-state index is 5.77. The molecule has 2 aliphatic rings. The minimum absolute atomic E-state index is 0.0608. The fraction of sp³-hybridized carbons (Fsp3) is 1.00. The fourth-order valence-electron chi connectivity index (χ4n) is 1.86. The Bertz CT molecular complexity index is 272. The van der Waals surface area contributed by atoms with Crippen molar-refractivity contribution in [3.8, 4) is 0 Å². The Kier molecular flexibility index (Phi) is 4.64. The molecule has 0 unspecified atom stereocenters. The van der Waals surface area contributed by atoms with Crippen LogP contribution in [0.3, 0.4) is 0 Å². The summed E-state index contributed by atoms with van der Waals surface area (Å²) in [6.07, 6.45) is 2.49. The number of ether oxygens (including phenoxy) is 2. The fourth-order valence-corrected chi connectivity index (χ4v) is 4.29. The maximum absolute atomic E-state index is 5.77. The third-order valence-electron chi connectivity index (χ3n) is 3.09. The molecule has 0 aromatic heterocycles. The van der Waals surface area contributed by atoms with Gasteiger partial charge in [0.25, 0.3) is 0 Å². The van der Waals surface area contributed by atoms with E-state index < -0.39 is 5.79 Å². The highest BCUT2D eigenvalue weighted by molar-refractivity contribution is 14.2. The van der Waals surface area contributed by atoms with Crippen molar-refractivity contribution >= 4 is 42.2 Å². The zero-order chi connectivity index (χ0) is 12.6. The molecule has 6 heteroatoms. The third kappa shape index (κ3) is 4.14. The van der Waals surface area contributed by atoms with Gasteiger partial charge in [-0.05, 0) is 33.6 Å². The summed E-state index contributed by atoms with van der Waals surface area (Å²) in [5.74, 6) is -0.425. The second kappa shape index (κ2) is 5.36. The molecular weight excluding hydrogens is 371 g/mol. The first-order valence-electron chi connectivity index (χ1n) is 5.77. The van der Waals surface area contributed by atoms with Crippen molar-refractivity contribution in [2.75, 3.05) is 19.8 Å². The molecule has 0 aromatic carbocycles. The van der Waals surface area contributed by atoms with Gasteiger partial charge in [-0.2, -0.15) is 0 Å². The van der Waals surface area contributed by atoms with E-state index >= 15 is 0 Å². The van der Waals surface area contributed by atoms with Crippen molar-refractivity contribution in [2.24, 2.45) is 0 Å². The highest BCUT2D eigenvalue weighted by Crippen LogP contribution is 2.55. The van der Waals surface area contributed by atoms with E-state index in [4.69, 9.17) is 13.7 Å². The first-order valence-corrected chi connectivity index (χ1v) is 9.87. The van der Waals surface area contributed by atoms with Gasteiger partial charge < -0.3 is 13.7 Å². The van der Waals surface area contributed by atoms with E-state index in [0.717, 1.165) is 19.8 Å². The smallest absolute Gasteiger partial charge is 0.162 e. The van der Waals surface area contributed by atoms with Crippen molar-refractivity contribution in [1.29, 1.82) is 0 Å². The Labute approximate surface area is 124 Å². The highest BCUT2D eigenvalue weighted by atomic mass is 127. The Balaban J connectivity index is 1.86. The van der Waals surface area contributed by atoms with E-state index in [2.05, 4.69) is 28.1 Å². The quantitative estimate of drug-likeness (QED) is 0.526. The lowest BCUT2D eigenvalue weighted by Crippen LogP contribution is -2.48. The minimum atomic E-state index is -0.425. The molecule has 100 valence electrons. The molecule has 0 N–H and O–H groups in total. The molecule has 17 heavy (non-hydrogen) atoms. The summed E-state index contributed by atoms with van der Waals surface area (Å²) in [6.45, 7) is 8.50. The minimum Gasteiger partial charge on any atom is -0.349 e. The van der Waals surface area contributed by atoms with Gasteiger partial charge in [-0.1, -0.05) is 0 Å². The predicted molar refractivity (Wildman–Crippen MR) is 81.5 cm³/mol. The second-order valence-corrected chi connectivity index (χ2v) is 9.03. The van der Waals surface area contributed by atoms with Crippen LogP contribution in [-0.4, -0.2) is 35.1 Å². The Hall–Kier alpha value is 1.31. The summed E-state index contributed by atoms with van der Waals surface area (Å²) >= 11 is 4.16. The van der Waals surface area contributed by atoms with Gasteiger partial charge in [-0.25, -0.2) is 0 Å². The van der Waals surface area contributed by atoms with Gasteiger partial charge in [-0.15, -0.1) is 11.8 Å². The van der Waals surface area contributed by atoms with Crippen LogP contribution in [0.25, 0.3) is 0 Å². The zero-order valence-corrected chi connectivity index (χ0v) is 14.2. The molecule has 2 rings (SSSR count). The molecule has 2 fully saturated rings. The molecule has 0 spiro atoms. The molecule has 0 amide bonds. The van der Waals surface area contributed by atoms with Gasteiger partial charge in [-0.3, -0.25) is 0 Å². The summed E-state index contributed by atoms with van der Waals surface area (Å²) in [6, 6.07) is 0. The molecule has 1 aliphatic carbocycles. The molecule has 1 aliphatic heterocycles. The van der Waals surface area contributed by atoms with Gasteiger partial charge in [0.1, 0.15) is 0 Å². The monoisotopic (exact) mass is 390 g/mol. The van der Waals surface area contributed by atoms with Crippen molar-refractivity contribution in [1.82, 2.24) is 0 Å². The van der Waals surface area contributed by atoms with Crippen LogP contribution in [0.4, 0.5) is 0 Å². The summed E-state index contributed by atoms with van der Waals surface area (Å²) in [4.78, 5) is 0. The SMILES string of the molecule is CC1(C)OCC(C)(SC2(COSI)CC2)CO1. The standard InChI is InChI=1S/C11H19IO3S2/c1-9(2)13-6-10(3,7-14-9)16-11(4-5-11)8-15-17-12/h4-8H2,1-3H3. The highest BCUT2D eigenvalue weighted by Gasteiger charge is 2.50. The van der Waals surface area contributed by atoms with E-state index in [0.29, 0.717) is 4.75 Å². The van der Waals surface area contributed by atoms with E-state index in [1.165, 1.54) is 22.1 Å². The van der Waals surface area contributed by atoms with Crippen LogP contribution in [0.1, 0.15) is 33.6 Å². The van der Waals surface area contributed by atoms with Gasteiger partial charge in [0.2, 0.25) is 0 Å². The van der Waals surface area contributed by atoms with Crippen LogP contribution < -0.4 is 0 Å². The average Bonchev–Trinajstić information content (AvgIpc) is 3.01. The van der Waals surface area contributed by atoms with Crippen molar-refractivity contribution < 1.29 is 13.7 Å². The maximum Gasteiger partial charge on any atom is 0.162 e. The number of halogens is 1. The van der Waals surface area contributed by atoms with Crippen LogP contribution in [0.2, 0.25) is 0 Å². The van der Waals surface area contributed by atoms with Crippen LogP contribution in [0.5, 0.6) is 0 Å². The van der Waals surface area contributed by atoms with Gasteiger partial charge in [0, 0.05) is 26.0 Å². The summed E-state index contributed by atoms with van der Waals surface area (Å²) in [5.41, 5.74) is 0. The van der Waals surface area contributed by atoms with Crippen molar-refractivity contribution in [3.05, 3.63) is 0 Å². The molecule has 0 bridgehead atoms. The largest absolute Gasteiger partial charge is 0.349 e. The summed E-state index contributed by atoms with van der Waals surface area (Å²) in [7, 11) is 1.42. The topological polar surface area (TPSA) is 27.7 Å². The lowest BCUT2D eigenvalue weighted by atomic mass is 10.1. The number of hydrogen-bond acceptors (Lipinski definition) is 5. The van der Waals surface area contributed by atoms with Crippen molar-refractivity contribution in [3.63, 3.8) is 0 Å².